The van der Waals surface area contributed by atoms with Crippen LogP contribution in [0.5, 0.6) is 0 Å². The third-order valence-corrected chi connectivity index (χ3v) is 4.46. The van der Waals surface area contributed by atoms with Crippen LogP contribution in [0.1, 0.15) is 42.7 Å². The van der Waals surface area contributed by atoms with E-state index in [1.165, 1.54) is 0 Å². The summed E-state index contributed by atoms with van der Waals surface area (Å²) in [6, 6.07) is 17.1. The van der Waals surface area contributed by atoms with E-state index in [0.717, 1.165) is 28.9 Å². The van der Waals surface area contributed by atoms with Crippen LogP contribution >= 0.6 is 0 Å². The van der Waals surface area contributed by atoms with Crippen molar-refractivity contribution >= 4 is 17.6 Å². The average molecular weight is 391 g/mol. The van der Waals surface area contributed by atoms with Gasteiger partial charge in [0, 0.05) is 17.7 Å². The van der Waals surface area contributed by atoms with Crippen LogP contribution in [0.3, 0.4) is 0 Å². The lowest BCUT2D eigenvalue weighted by Gasteiger charge is -2.11. The molecule has 29 heavy (non-hydrogen) atoms. The first-order chi connectivity index (χ1) is 14.0. The number of benzene rings is 2. The first-order valence-corrected chi connectivity index (χ1v) is 9.77. The number of amides is 1. The second kappa shape index (κ2) is 9.19. The van der Waals surface area contributed by atoms with E-state index in [1.807, 2.05) is 62.4 Å². The Morgan fingerprint density at radius 1 is 1.07 bits per heavy atom. The third-order valence-electron chi connectivity index (χ3n) is 4.46. The molecule has 2 aromatic carbocycles. The van der Waals surface area contributed by atoms with Gasteiger partial charge in [-0.1, -0.05) is 37.3 Å². The number of para-hydroxylation sites is 1. The second-order valence-corrected chi connectivity index (χ2v) is 6.71. The molecule has 3 rings (SSSR count). The molecule has 0 unspecified atom stereocenters. The zero-order valence-corrected chi connectivity index (χ0v) is 16.9. The number of rotatable bonds is 7. The van der Waals surface area contributed by atoms with Crippen LogP contribution in [0, 0.1) is 6.92 Å². The molecule has 0 saturated heterocycles. The van der Waals surface area contributed by atoms with E-state index >= 15 is 0 Å². The summed E-state index contributed by atoms with van der Waals surface area (Å²) in [6.45, 7) is 6.00. The fourth-order valence-corrected chi connectivity index (χ4v) is 3.08. The number of nitrogens with one attached hydrogen (secondary N) is 1. The predicted molar refractivity (Wildman–Crippen MR) is 113 cm³/mol. The molecule has 1 aromatic heterocycles. The van der Waals surface area contributed by atoms with Crippen LogP contribution in [0.2, 0.25) is 0 Å². The monoisotopic (exact) mass is 391 g/mol. The Morgan fingerprint density at radius 2 is 1.86 bits per heavy atom. The molecule has 1 N–H and O–H groups in total. The quantitative estimate of drug-likeness (QED) is 0.589. The minimum Gasteiger partial charge on any atom is -0.461 e. The number of carbonyl (C=O) groups is 2. The molecule has 0 radical (unpaired) electrons. The second-order valence-electron chi connectivity index (χ2n) is 6.71. The van der Waals surface area contributed by atoms with Crippen LogP contribution in [0.15, 0.2) is 54.6 Å². The number of hydrogen-bond donors (Lipinski definition) is 1. The maximum atomic E-state index is 12.3. The zero-order chi connectivity index (χ0) is 20.8. The molecular weight excluding hydrogens is 366 g/mol. The molecule has 150 valence electrons. The van der Waals surface area contributed by atoms with Gasteiger partial charge in [-0.3, -0.25) is 4.79 Å². The Bertz CT molecular complexity index is 1020. The van der Waals surface area contributed by atoms with Gasteiger partial charge < -0.3 is 10.1 Å². The van der Waals surface area contributed by atoms with Crippen LogP contribution in [0.25, 0.3) is 16.9 Å². The lowest BCUT2D eigenvalue weighted by atomic mass is 10.1. The van der Waals surface area contributed by atoms with Gasteiger partial charge in [0.05, 0.1) is 18.0 Å². The number of aryl methyl sites for hydroxylation is 1. The van der Waals surface area contributed by atoms with Crippen molar-refractivity contribution in [3.63, 3.8) is 0 Å². The SMILES string of the molecule is CCCC(=O)Nc1cccc(-c2cc(C(=O)OCC)nn2-c2ccccc2C)c1. The largest absolute Gasteiger partial charge is 0.461 e. The highest BCUT2D eigenvalue weighted by Gasteiger charge is 2.18. The Morgan fingerprint density at radius 3 is 2.59 bits per heavy atom. The number of hydrogen-bond acceptors (Lipinski definition) is 4. The van der Waals surface area contributed by atoms with Gasteiger partial charge in [-0.25, -0.2) is 9.48 Å². The molecule has 0 bridgehead atoms. The van der Waals surface area contributed by atoms with Crippen molar-refractivity contribution in [3.05, 3.63) is 65.9 Å². The summed E-state index contributed by atoms with van der Waals surface area (Å²) in [5.41, 5.74) is 4.43. The van der Waals surface area contributed by atoms with Crippen molar-refractivity contribution in [3.8, 4) is 16.9 Å². The van der Waals surface area contributed by atoms with E-state index < -0.39 is 5.97 Å². The number of esters is 1. The zero-order valence-electron chi connectivity index (χ0n) is 16.9. The molecule has 0 aliphatic heterocycles. The van der Waals surface area contributed by atoms with Gasteiger partial charge in [-0.05, 0) is 50.1 Å². The smallest absolute Gasteiger partial charge is 0.358 e. The van der Waals surface area contributed by atoms with Crippen molar-refractivity contribution in [1.29, 1.82) is 0 Å². The fourth-order valence-electron chi connectivity index (χ4n) is 3.08. The molecule has 6 heteroatoms. The Hall–Kier alpha value is -3.41. The van der Waals surface area contributed by atoms with Gasteiger partial charge in [-0.2, -0.15) is 5.10 Å². The molecule has 0 spiro atoms. The van der Waals surface area contributed by atoms with Gasteiger partial charge in [0.1, 0.15) is 0 Å². The van der Waals surface area contributed by atoms with Crippen LogP contribution < -0.4 is 5.32 Å². The molecule has 0 saturated carbocycles. The molecule has 1 heterocycles. The number of carbonyl (C=O) groups excluding carboxylic acids is 2. The highest BCUT2D eigenvalue weighted by molar-refractivity contribution is 5.92. The highest BCUT2D eigenvalue weighted by Crippen LogP contribution is 2.28. The normalized spacial score (nSPS) is 10.6. The summed E-state index contributed by atoms with van der Waals surface area (Å²) in [5, 5.41) is 7.42. The van der Waals surface area contributed by atoms with Crippen LogP contribution in [-0.2, 0) is 9.53 Å². The van der Waals surface area contributed by atoms with E-state index in [0.29, 0.717) is 12.1 Å². The van der Waals surface area contributed by atoms with Gasteiger partial charge in [-0.15, -0.1) is 0 Å². The maximum Gasteiger partial charge on any atom is 0.358 e. The topological polar surface area (TPSA) is 73.2 Å². The molecule has 3 aromatic rings. The Kier molecular flexibility index (Phi) is 6.44. The summed E-state index contributed by atoms with van der Waals surface area (Å²) < 4.78 is 6.87. The number of anilines is 1. The van der Waals surface area contributed by atoms with E-state index in [4.69, 9.17) is 4.74 Å². The first kappa shape index (κ1) is 20.3. The molecule has 0 fully saturated rings. The standard InChI is InChI=1S/C23H25N3O3/c1-4-9-22(27)24-18-12-8-11-17(14-18)21-15-19(23(28)29-5-2)25-26(21)20-13-7-6-10-16(20)3/h6-8,10-15H,4-5,9H2,1-3H3,(H,24,27). The minimum atomic E-state index is -0.464. The summed E-state index contributed by atoms with van der Waals surface area (Å²) in [5.74, 6) is -0.488. The molecule has 0 aliphatic carbocycles. The molecule has 0 aliphatic rings. The van der Waals surface area contributed by atoms with Crippen molar-refractivity contribution in [2.75, 3.05) is 11.9 Å². The highest BCUT2D eigenvalue weighted by atomic mass is 16.5. The van der Waals surface area contributed by atoms with Gasteiger partial charge in [0.15, 0.2) is 5.69 Å². The summed E-state index contributed by atoms with van der Waals surface area (Å²) in [4.78, 5) is 24.3. The lowest BCUT2D eigenvalue weighted by molar-refractivity contribution is -0.116. The summed E-state index contributed by atoms with van der Waals surface area (Å²) in [7, 11) is 0. The summed E-state index contributed by atoms with van der Waals surface area (Å²) in [6.07, 6.45) is 1.26. The van der Waals surface area contributed by atoms with Gasteiger partial charge in [0.2, 0.25) is 5.91 Å². The number of ether oxygens (including phenoxy) is 1. The van der Waals surface area contributed by atoms with Gasteiger partial charge in [0.25, 0.3) is 0 Å². The van der Waals surface area contributed by atoms with Crippen molar-refractivity contribution in [2.45, 2.75) is 33.6 Å². The number of nitrogens with zero attached hydrogens (tertiary/aromatic N) is 2. The van der Waals surface area contributed by atoms with E-state index in [9.17, 15) is 9.59 Å². The Labute approximate surface area is 170 Å². The fraction of sp³-hybridized carbons (Fsp3) is 0.261. The Balaban J connectivity index is 2.07. The van der Waals surface area contributed by atoms with Gasteiger partial charge >= 0.3 is 5.97 Å². The lowest BCUT2D eigenvalue weighted by Crippen LogP contribution is -2.10. The maximum absolute atomic E-state index is 12.3. The summed E-state index contributed by atoms with van der Waals surface area (Å²) >= 11 is 0. The minimum absolute atomic E-state index is 0.0238. The van der Waals surface area contributed by atoms with Crippen LogP contribution in [0.4, 0.5) is 5.69 Å². The van der Waals surface area contributed by atoms with E-state index in [-0.39, 0.29) is 18.2 Å². The van der Waals surface area contributed by atoms with E-state index in [2.05, 4.69) is 10.4 Å². The van der Waals surface area contributed by atoms with Crippen molar-refractivity contribution in [2.24, 2.45) is 0 Å². The molecule has 1 amide bonds. The van der Waals surface area contributed by atoms with Crippen LogP contribution in [-0.4, -0.2) is 28.3 Å². The first-order valence-electron chi connectivity index (χ1n) is 9.77. The molecule has 6 nitrogen and oxygen atoms in total. The average Bonchev–Trinajstić information content (AvgIpc) is 3.14. The predicted octanol–water partition coefficient (Wildman–Crippen LogP) is 4.76. The number of aromatic nitrogens is 2. The molecule has 0 atom stereocenters. The van der Waals surface area contributed by atoms with E-state index in [1.54, 1.807) is 17.7 Å². The van der Waals surface area contributed by atoms with Crippen molar-refractivity contribution < 1.29 is 14.3 Å². The third kappa shape index (κ3) is 4.71. The molecular formula is C23H25N3O3. The van der Waals surface area contributed by atoms with Crippen molar-refractivity contribution in [1.82, 2.24) is 9.78 Å².